The highest BCUT2D eigenvalue weighted by atomic mass is 16.7. The topological polar surface area (TPSA) is 56.8 Å². The van der Waals surface area contributed by atoms with Crippen molar-refractivity contribution in [2.75, 3.05) is 20.8 Å². The lowest BCUT2D eigenvalue weighted by Crippen LogP contribution is -2.16. The summed E-state index contributed by atoms with van der Waals surface area (Å²) in [4.78, 5) is 14.2. The third kappa shape index (κ3) is 3.43. The van der Waals surface area contributed by atoms with Crippen LogP contribution in [0.15, 0.2) is 18.2 Å². The predicted molar refractivity (Wildman–Crippen MR) is 58.4 cm³/mol. The van der Waals surface area contributed by atoms with E-state index < -0.39 is 0 Å². The summed E-state index contributed by atoms with van der Waals surface area (Å²) in [5, 5.41) is 0. The van der Waals surface area contributed by atoms with E-state index in [1.165, 1.54) is 0 Å². The quantitative estimate of drug-likeness (QED) is 0.425. The Bertz CT molecular complexity index is 341. The second-order valence-electron chi connectivity index (χ2n) is 3.05. The van der Waals surface area contributed by atoms with Crippen LogP contribution in [0.3, 0.4) is 0 Å². The summed E-state index contributed by atoms with van der Waals surface area (Å²) >= 11 is 0. The van der Waals surface area contributed by atoms with E-state index >= 15 is 0 Å². The molecule has 0 bridgehead atoms. The monoisotopic (exact) mass is 225 g/mol. The fraction of sp³-hybridized carbons (Fsp3) is 0.364. The Labute approximate surface area is 94.3 Å². The van der Waals surface area contributed by atoms with E-state index in [2.05, 4.69) is 10.3 Å². The number of hydrogen-bond acceptors (Lipinski definition) is 5. The fourth-order valence-electron chi connectivity index (χ4n) is 1.32. The van der Waals surface area contributed by atoms with Gasteiger partial charge in [-0.3, -0.25) is 4.79 Å². The molecular weight excluding hydrogens is 210 g/mol. The smallest absolute Gasteiger partial charge is 0.312 e. The molecule has 88 valence electrons. The first-order valence-electron chi connectivity index (χ1n) is 4.85. The van der Waals surface area contributed by atoms with Gasteiger partial charge in [0.1, 0.15) is 0 Å². The van der Waals surface area contributed by atoms with Gasteiger partial charge in [-0.15, -0.1) is 0 Å². The van der Waals surface area contributed by atoms with Gasteiger partial charge in [0.05, 0.1) is 14.2 Å². The summed E-state index contributed by atoms with van der Waals surface area (Å²) in [7, 11) is 3.19. The molecule has 1 N–H and O–H groups in total. The predicted octanol–water partition coefficient (Wildman–Crippen LogP) is 0.924. The minimum Gasteiger partial charge on any atom is -0.493 e. The summed E-state index contributed by atoms with van der Waals surface area (Å²) in [5.74, 6) is 1.39. The zero-order valence-corrected chi connectivity index (χ0v) is 9.36. The van der Waals surface area contributed by atoms with E-state index in [-0.39, 0.29) is 0 Å². The molecule has 0 saturated heterocycles. The number of rotatable bonds is 7. The Kier molecular flexibility index (Phi) is 5.15. The zero-order valence-electron chi connectivity index (χ0n) is 9.36. The molecule has 1 aromatic rings. The highest BCUT2D eigenvalue weighted by Crippen LogP contribution is 2.27. The fourth-order valence-corrected chi connectivity index (χ4v) is 1.32. The van der Waals surface area contributed by atoms with Crippen LogP contribution < -0.4 is 15.0 Å². The van der Waals surface area contributed by atoms with E-state index in [1.54, 1.807) is 14.2 Å². The first-order chi connectivity index (χ1) is 7.81. The van der Waals surface area contributed by atoms with Gasteiger partial charge in [0.25, 0.3) is 0 Å². The molecule has 0 atom stereocenters. The Morgan fingerprint density at radius 2 is 2.00 bits per heavy atom. The van der Waals surface area contributed by atoms with Crippen molar-refractivity contribution >= 4 is 6.47 Å². The summed E-state index contributed by atoms with van der Waals surface area (Å²) in [6, 6.07) is 5.67. The normalized spacial score (nSPS) is 9.62. The number of ether oxygens (including phenoxy) is 2. The van der Waals surface area contributed by atoms with Gasteiger partial charge < -0.3 is 14.3 Å². The van der Waals surface area contributed by atoms with Crippen LogP contribution in [-0.2, 0) is 16.1 Å². The first-order valence-corrected chi connectivity index (χ1v) is 4.85. The molecule has 0 saturated carbocycles. The van der Waals surface area contributed by atoms with Crippen molar-refractivity contribution in [2.45, 2.75) is 6.42 Å². The average molecular weight is 225 g/mol. The number of carbonyl (C=O) groups excluding carboxylic acids is 1. The standard InChI is InChI=1S/C11H15NO4/c1-14-10-4-3-9(7-11(10)15-2)5-6-12-16-8-13/h3-4,7-8,12H,5-6H2,1-2H3. The van der Waals surface area contributed by atoms with Crippen molar-refractivity contribution in [2.24, 2.45) is 0 Å². The molecule has 0 aliphatic carbocycles. The van der Waals surface area contributed by atoms with E-state index in [0.717, 1.165) is 12.0 Å². The van der Waals surface area contributed by atoms with E-state index in [9.17, 15) is 4.79 Å². The molecule has 0 radical (unpaired) electrons. The lowest BCUT2D eigenvalue weighted by molar-refractivity contribution is -0.135. The van der Waals surface area contributed by atoms with Crippen molar-refractivity contribution < 1.29 is 19.1 Å². The Morgan fingerprint density at radius 3 is 2.62 bits per heavy atom. The lowest BCUT2D eigenvalue weighted by atomic mass is 10.1. The minimum atomic E-state index is 0.356. The largest absolute Gasteiger partial charge is 0.493 e. The van der Waals surface area contributed by atoms with Crippen LogP contribution >= 0.6 is 0 Å². The summed E-state index contributed by atoms with van der Waals surface area (Å²) < 4.78 is 10.3. The molecular formula is C11H15NO4. The van der Waals surface area contributed by atoms with E-state index in [4.69, 9.17) is 9.47 Å². The molecule has 0 aliphatic heterocycles. The summed E-state index contributed by atoms with van der Waals surface area (Å²) in [6.07, 6.45) is 0.730. The SMILES string of the molecule is COc1ccc(CCNOC=O)cc1OC. The van der Waals surface area contributed by atoms with Crippen LogP contribution in [-0.4, -0.2) is 27.2 Å². The molecule has 0 fully saturated rings. The molecule has 0 aromatic heterocycles. The maximum Gasteiger partial charge on any atom is 0.312 e. The van der Waals surface area contributed by atoms with Gasteiger partial charge in [0.2, 0.25) is 0 Å². The van der Waals surface area contributed by atoms with Gasteiger partial charge in [-0.1, -0.05) is 6.07 Å². The second kappa shape index (κ2) is 6.68. The average Bonchev–Trinajstić information content (AvgIpc) is 2.34. The number of hydrogen-bond donors (Lipinski definition) is 1. The van der Waals surface area contributed by atoms with Crippen LogP contribution in [0.4, 0.5) is 0 Å². The molecule has 1 aromatic carbocycles. The molecule has 1 rings (SSSR count). The molecule has 0 heterocycles. The zero-order chi connectivity index (χ0) is 11.8. The summed E-state index contributed by atoms with van der Waals surface area (Å²) in [6.45, 7) is 0.906. The number of hydroxylamine groups is 1. The van der Waals surface area contributed by atoms with E-state index in [1.807, 2.05) is 18.2 Å². The molecule has 5 nitrogen and oxygen atoms in total. The summed E-state index contributed by atoms with van der Waals surface area (Å²) in [5.41, 5.74) is 3.58. The Morgan fingerprint density at radius 1 is 1.25 bits per heavy atom. The molecule has 0 aliphatic rings. The molecule has 0 spiro atoms. The van der Waals surface area contributed by atoms with E-state index in [0.29, 0.717) is 24.5 Å². The number of nitrogens with one attached hydrogen (secondary N) is 1. The number of benzene rings is 1. The first kappa shape index (κ1) is 12.3. The van der Waals surface area contributed by atoms with Crippen LogP contribution in [0.5, 0.6) is 11.5 Å². The van der Waals surface area contributed by atoms with Crippen molar-refractivity contribution in [3.8, 4) is 11.5 Å². The molecule has 5 heteroatoms. The van der Waals surface area contributed by atoms with Crippen molar-refractivity contribution in [1.82, 2.24) is 5.48 Å². The van der Waals surface area contributed by atoms with Gasteiger partial charge in [-0.05, 0) is 24.1 Å². The van der Waals surface area contributed by atoms with Crippen molar-refractivity contribution in [3.63, 3.8) is 0 Å². The van der Waals surface area contributed by atoms with Gasteiger partial charge in [-0.2, -0.15) is 5.48 Å². The van der Waals surface area contributed by atoms with Crippen LogP contribution in [0.2, 0.25) is 0 Å². The Hall–Kier alpha value is -1.75. The van der Waals surface area contributed by atoms with Gasteiger partial charge in [-0.25, -0.2) is 0 Å². The third-order valence-corrected chi connectivity index (χ3v) is 2.10. The van der Waals surface area contributed by atoms with Gasteiger partial charge >= 0.3 is 6.47 Å². The second-order valence-corrected chi connectivity index (χ2v) is 3.05. The van der Waals surface area contributed by atoms with Crippen molar-refractivity contribution in [1.29, 1.82) is 0 Å². The molecule has 16 heavy (non-hydrogen) atoms. The maximum absolute atomic E-state index is 9.88. The van der Waals surface area contributed by atoms with Crippen LogP contribution in [0.1, 0.15) is 5.56 Å². The highest BCUT2D eigenvalue weighted by molar-refractivity contribution is 5.43. The van der Waals surface area contributed by atoms with Crippen molar-refractivity contribution in [3.05, 3.63) is 23.8 Å². The molecule has 0 unspecified atom stereocenters. The van der Waals surface area contributed by atoms with Gasteiger partial charge in [0, 0.05) is 6.54 Å². The van der Waals surface area contributed by atoms with Crippen LogP contribution in [0, 0.1) is 0 Å². The minimum absolute atomic E-state index is 0.356. The van der Waals surface area contributed by atoms with Gasteiger partial charge in [0.15, 0.2) is 11.5 Å². The lowest BCUT2D eigenvalue weighted by Gasteiger charge is -2.09. The maximum atomic E-state index is 9.88. The Balaban J connectivity index is 2.57. The molecule has 0 amide bonds. The number of methoxy groups -OCH3 is 2. The highest BCUT2D eigenvalue weighted by Gasteiger charge is 2.03. The third-order valence-electron chi connectivity index (χ3n) is 2.10. The number of carbonyl (C=O) groups is 1. The van der Waals surface area contributed by atoms with Crippen LogP contribution in [0.25, 0.3) is 0 Å².